The fraction of sp³-hybridized carbons (Fsp3) is 0.962. The van der Waals surface area contributed by atoms with Gasteiger partial charge in [-0.3, -0.25) is 4.79 Å². The second-order valence-corrected chi connectivity index (χ2v) is 9.26. The largest absolute Gasteiger partial charge is 0.394 e. The number of hydrogen-bond donors (Lipinski definition) is 4. The molecule has 0 heterocycles. The van der Waals surface area contributed by atoms with Crippen LogP contribution >= 0.6 is 0 Å². The summed E-state index contributed by atoms with van der Waals surface area (Å²) in [4.78, 5) is 12.1. The minimum Gasteiger partial charge on any atom is -0.394 e. The molecule has 0 spiro atoms. The summed E-state index contributed by atoms with van der Waals surface area (Å²) in [7, 11) is 0. The third-order valence-electron chi connectivity index (χ3n) is 6.21. The van der Waals surface area contributed by atoms with Gasteiger partial charge in [-0.15, -0.1) is 0 Å². The van der Waals surface area contributed by atoms with E-state index >= 15 is 0 Å². The average molecular weight is 444 g/mol. The maximum atomic E-state index is 12.1. The Morgan fingerprint density at radius 1 is 0.677 bits per heavy atom. The minimum absolute atomic E-state index is 0.152. The molecule has 0 bridgehead atoms. The van der Waals surface area contributed by atoms with Gasteiger partial charge in [-0.2, -0.15) is 0 Å². The molecule has 0 aromatic rings. The Balaban J connectivity index is 3.83. The molecule has 0 unspecified atom stereocenters. The average Bonchev–Trinajstić information content (AvgIpc) is 2.77. The molecular weight excluding hydrogens is 390 g/mol. The number of aliphatic hydroxyl groups excluding tert-OH is 3. The second kappa shape index (κ2) is 22.5. The summed E-state index contributed by atoms with van der Waals surface area (Å²) in [6.07, 6.45) is 19.1. The first-order chi connectivity index (χ1) is 15.1. The van der Waals surface area contributed by atoms with Crippen LogP contribution in [0.4, 0.5) is 0 Å². The fourth-order valence-electron chi connectivity index (χ4n) is 4.04. The number of amides is 1. The van der Waals surface area contributed by atoms with Gasteiger partial charge in [-0.05, 0) is 12.8 Å². The first kappa shape index (κ1) is 30.4. The Labute approximate surface area is 192 Å². The van der Waals surface area contributed by atoms with Crippen LogP contribution in [0.25, 0.3) is 0 Å². The van der Waals surface area contributed by atoms with Gasteiger partial charge in [0.25, 0.3) is 0 Å². The molecule has 0 aromatic heterocycles. The minimum atomic E-state index is -1.12. The van der Waals surface area contributed by atoms with Gasteiger partial charge in [0.2, 0.25) is 5.91 Å². The molecule has 0 fully saturated rings. The lowest BCUT2D eigenvalue weighted by atomic mass is 9.99. The van der Waals surface area contributed by atoms with Crippen LogP contribution in [0.5, 0.6) is 0 Å². The summed E-state index contributed by atoms with van der Waals surface area (Å²) in [6, 6.07) is -0.796. The smallest absolute Gasteiger partial charge is 0.220 e. The SMILES string of the molecule is CCCCCCCCCCCC(=O)N[C@@H](CO)[C@H](O)[C@H](O)CCCCCCCCCC. The molecule has 5 nitrogen and oxygen atoms in total. The molecule has 0 aliphatic heterocycles. The lowest BCUT2D eigenvalue weighted by Gasteiger charge is -2.26. The summed E-state index contributed by atoms with van der Waals surface area (Å²) >= 11 is 0. The predicted molar refractivity (Wildman–Crippen MR) is 130 cm³/mol. The molecule has 0 aromatic carbocycles. The van der Waals surface area contributed by atoms with Crippen LogP contribution in [0.1, 0.15) is 136 Å². The van der Waals surface area contributed by atoms with E-state index in [4.69, 9.17) is 0 Å². The van der Waals surface area contributed by atoms with Gasteiger partial charge in [-0.25, -0.2) is 0 Å². The van der Waals surface area contributed by atoms with E-state index in [1.807, 2.05) is 0 Å². The van der Waals surface area contributed by atoms with Crippen LogP contribution in [0.15, 0.2) is 0 Å². The number of unbranched alkanes of at least 4 members (excludes halogenated alkanes) is 15. The molecule has 3 atom stereocenters. The van der Waals surface area contributed by atoms with Crippen molar-refractivity contribution >= 4 is 5.91 Å². The van der Waals surface area contributed by atoms with Crippen LogP contribution in [0, 0.1) is 0 Å². The topological polar surface area (TPSA) is 89.8 Å². The summed E-state index contributed by atoms with van der Waals surface area (Å²) in [5, 5.41) is 32.8. The highest BCUT2D eigenvalue weighted by atomic mass is 16.3. The number of aliphatic hydroxyl groups is 3. The van der Waals surface area contributed by atoms with Gasteiger partial charge < -0.3 is 20.6 Å². The van der Waals surface area contributed by atoms with E-state index in [0.29, 0.717) is 12.8 Å². The van der Waals surface area contributed by atoms with Crippen LogP contribution in [0.3, 0.4) is 0 Å². The molecule has 0 radical (unpaired) electrons. The maximum Gasteiger partial charge on any atom is 0.220 e. The summed E-state index contributed by atoms with van der Waals surface area (Å²) in [5.41, 5.74) is 0. The number of nitrogens with one attached hydrogen (secondary N) is 1. The van der Waals surface area contributed by atoms with Crippen molar-refractivity contribution in [3.63, 3.8) is 0 Å². The molecule has 186 valence electrons. The zero-order valence-electron chi connectivity index (χ0n) is 20.6. The molecule has 0 rings (SSSR count). The van der Waals surface area contributed by atoms with Gasteiger partial charge in [0.15, 0.2) is 0 Å². The normalized spacial score (nSPS) is 14.4. The third-order valence-corrected chi connectivity index (χ3v) is 6.21. The lowest BCUT2D eigenvalue weighted by Crippen LogP contribution is -2.50. The van der Waals surface area contributed by atoms with Crippen molar-refractivity contribution in [3.05, 3.63) is 0 Å². The van der Waals surface area contributed by atoms with E-state index in [9.17, 15) is 20.1 Å². The van der Waals surface area contributed by atoms with Gasteiger partial charge in [0.1, 0.15) is 6.10 Å². The zero-order valence-corrected chi connectivity index (χ0v) is 20.6. The van der Waals surface area contributed by atoms with Crippen molar-refractivity contribution in [2.75, 3.05) is 6.61 Å². The highest BCUT2D eigenvalue weighted by Crippen LogP contribution is 2.14. The Kier molecular flexibility index (Phi) is 22.1. The highest BCUT2D eigenvalue weighted by Gasteiger charge is 2.26. The quantitative estimate of drug-likeness (QED) is 0.154. The Morgan fingerprint density at radius 3 is 1.55 bits per heavy atom. The third kappa shape index (κ3) is 18.6. The van der Waals surface area contributed by atoms with Gasteiger partial charge in [0.05, 0.1) is 18.8 Å². The predicted octanol–water partition coefficient (Wildman–Crippen LogP) is 5.64. The van der Waals surface area contributed by atoms with Crippen molar-refractivity contribution in [1.29, 1.82) is 0 Å². The van der Waals surface area contributed by atoms with E-state index < -0.39 is 18.2 Å². The molecule has 31 heavy (non-hydrogen) atoms. The Hall–Kier alpha value is -0.650. The van der Waals surface area contributed by atoms with Crippen LogP contribution in [0.2, 0.25) is 0 Å². The summed E-state index contributed by atoms with van der Waals surface area (Å²) in [5.74, 6) is -0.152. The summed E-state index contributed by atoms with van der Waals surface area (Å²) < 4.78 is 0. The molecule has 5 heteroatoms. The lowest BCUT2D eigenvalue weighted by molar-refractivity contribution is -0.124. The first-order valence-electron chi connectivity index (χ1n) is 13.3. The Bertz CT molecular complexity index is 392. The number of rotatable bonds is 23. The van der Waals surface area contributed by atoms with E-state index in [-0.39, 0.29) is 12.5 Å². The van der Waals surface area contributed by atoms with Crippen molar-refractivity contribution < 1.29 is 20.1 Å². The van der Waals surface area contributed by atoms with E-state index in [1.54, 1.807) is 0 Å². The molecule has 4 N–H and O–H groups in total. The van der Waals surface area contributed by atoms with Crippen LogP contribution < -0.4 is 5.32 Å². The summed E-state index contributed by atoms with van der Waals surface area (Å²) in [6.45, 7) is 4.08. The highest BCUT2D eigenvalue weighted by molar-refractivity contribution is 5.76. The maximum absolute atomic E-state index is 12.1. The second-order valence-electron chi connectivity index (χ2n) is 9.26. The van der Waals surface area contributed by atoms with E-state index in [2.05, 4.69) is 19.2 Å². The molecule has 0 saturated carbocycles. The fourth-order valence-corrected chi connectivity index (χ4v) is 4.04. The molecule has 0 aliphatic rings. The standard InChI is InChI=1S/C26H53NO4/c1-3-5-7-9-11-13-15-17-19-21-25(30)27-23(22-28)26(31)24(29)20-18-16-14-12-10-8-6-4-2/h23-24,26,28-29,31H,3-22H2,1-2H3,(H,27,30)/t23-,24+,26-/m0/s1. The van der Waals surface area contributed by atoms with Gasteiger partial charge in [-0.1, -0.05) is 117 Å². The molecule has 0 aliphatic carbocycles. The number of carbonyl (C=O) groups is 1. The molecule has 1 amide bonds. The first-order valence-corrected chi connectivity index (χ1v) is 13.3. The molecular formula is C26H53NO4. The zero-order chi connectivity index (χ0) is 23.2. The molecule has 0 saturated heterocycles. The monoisotopic (exact) mass is 443 g/mol. The van der Waals surface area contributed by atoms with Crippen LogP contribution in [-0.4, -0.2) is 46.1 Å². The number of hydrogen-bond acceptors (Lipinski definition) is 4. The van der Waals surface area contributed by atoms with Crippen molar-refractivity contribution in [2.45, 2.75) is 154 Å². The van der Waals surface area contributed by atoms with Crippen LogP contribution in [-0.2, 0) is 4.79 Å². The van der Waals surface area contributed by atoms with Gasteiger partial charge >= 0.3 is 0 Å². The number of carbonyl (C=O) groups excluding carboxylic acids is 1. The van der Waals surface area contributed by atoms with Gasteiger partial charge in [0, 0.05) is 6.42 Å². The van der Waals surface area contributed by atoms with Crippen molar-refractivity contribution in [3.8, 4) is 0 Å². The van der Waals surface area contributed by atoms with Crippen molar-refractivity contribution in [2.24, 2.45) is 0 Å². The Morgan fingerprint density at radius 2 is 1.10 bits per heavy atom. The van der Waals surface area contributed by atoms with E-state index in [1.165, 1.54) is 70.6 Å². The van der Waals surface area contributed by atoms with E-state index in [0.717, 1.165) is 38.5 Å². The van der Waals surface area contributed by atoms with Crippen molar-refractivity contribution in [1.82, 2.24) is 5.32 Å².